The Kier molecular flexibility index (Phi) is 5.19. The SMILES string of the molecule is CCOCC(O)COc1ccc2c(c1)CCCC2N. The fourth-order valence-corrected chi connectivity index (χ4v) is 2.41. The van der Waals surface area contributed by atoms with Crippen LogP contribution >= 0.6 is 0 Å². The van der Waals surface area contributed by atoms with Gasteiger partial charge in [-0.25, -0.2) is 0 Å². The number of fused-ring (bicyclic) bond motifs is 1. The van der Waals surface area contributed by atoms with Gasteiger partial charge in [-0.3, -0.25) is 0 Å². The van der Waals surface area contributed by atoms with Gasteiger partial charge in [0.05, 0.1) is 6.61 Å². The largest absolute Gasteiger partial charge is 0.491 e. The summed E-state index contributed by atoms with van der Waals surface area (Å²) < 4.78 is 10.7. The number of hydrogen-bond acceptors (Lipinski definition) is 4. The molecule has 0 bridgehead atoms. The highest BCUT2D eigenvalue weighted by Gasteiger charge is 2.17. The molecule has 1 aliphatic carbocycles. The lowest BCUT2D eigenvalue weighted by Gasteiger charge is -2.23. The Bertz CT molecular complexity index is 408. The molecule has 1 aromatic rings. The summed E-state index contributed by atoms with van der Waals surface area (Å²) in [5.74, 6) is 0.795. The number of aliphatic hydroxyl groups is 1. The molecule has 0 heterocycles. The fraction of sp³-hybridized carbons (Fsp3) is 0.600. The van der Waals surface area contributed by atoms with Crippen molar-refractivity contribution in [3.05, 3.63) is 29.3 Å². The smallest absolute Gasteiger partial charge is 0.119 e. The average molecular weight is 265 g/mol. The molecule has 4 heteroatoms. The average Bonchev–Trinajstić information content (AvgIpc) is 2.43. The van der Waals surface area contributed by atoms with Crippen molar-refractivity contribution in [3.63, 3.8) is 0 Å². The van der Waals surface area contributed by atoms with Crippen molar-refractivity contribution in [2.45, 2.75) is 38.3 Å². The molecular formula is C15H23NO3. The van der Waals surface area contributed by atoms with Crippen LogP contribution in [0.25, 0.3) is 0 Å². The minimum Gasteiger partial charge on any atom is -0.491 e. The van der Waals surface area contributed by atoms with E-state index in [1.165, 1.54) is 11.1 Å². The fourth-order valence-electron chi connectivity index (χ4n) is 2.41. The summed E-state index contributed by atoms with van der Waals surface area (Å²) in [6.45, 7) is 3.07. The number of hydrogen-bond donors (Lipinski definition) is 2. The van der Waals surface area contributed by atoms with E-state index in [-0.39, 0.29) is 12.6 Å². The van der Waals surface area contributed by atoms with Gasteiger partial charge >= 0.3 is 0 Å². The highest BCUT2D eigenvalue weighted by molar-refractivity contribution is 5.38. The Morgan fingerprint density at radius 1 is 1.42 bits per heavy atom. The molecule has 4 nitrogen and oxygen atoms in total. The van der Waals surface area contributed by atoms with E-state index in [1.807, 2.05) is 25.1 Å². The van der Waals surface area contributed by atoms with E-state index in [0.29, 0.717) is 13.2 Å². The molecule has 106 valence electrons. The Morgan fingerprint density at radius 3 is 3.05 bits per heavy atom. The summed E-state index contributed by atoms with van der Waals surface area (Å²) in [6, 6.07) is 6.17. The lowest BCUT2D eigenvalue weighted by molar-refractivity contribution is 0.0164. The van der Waals surface area contributed by atoms with Crippen LogP contribution in [-0.2, 0) is 11.2 Å². The van der Waals surface area contributed by atoms with Gasteiger partial charge in [0, 0.05) is 12.6 Å². The third-order valence-electron chi connectivity index (χ3n) is 3.43. The van der Waals surface area contributed by atoms with Gasteiger partial charge in [-0.1, -0.05) is 6.07 Å². The first-order valence-corrected chi connectivity index (χ1v) is 6.97. The van der Waals surface area contributed by atoms with Crippen molar-refractivity contribution >= 4 is 0 Å². The molecule has 0 fully saturated rings. The van der Waals surface area contributed by atoms with Gasteiger partial charge in [-0.2, -0.15) is 0 Å². The summed E-state index contributed by atoms with van der Waals surface area (Å²) in [7, 11) is 0. The van der Waals surface area contributed by atoms with Crippen LogP contribution in [0.1, 0.15) is 36.9 Å². The first-order chi connectivity index (χ1) is 9.20. The van der Waals surface area contributed by atoms with Crippen LogP contribution in [0.2, 0.25) is 0 Å². The van der Waals surface area contributed by atoms with Crippen LogP contribution in [0.3, 0.4) is 0 Å². The van der Waals surface area contributed by atoms with E-state index in [1.54, 1.807) is 0 Å². The van der Waals surface area contributed by atoms with Crippen molar-refractivity contribution in [3.8, 4) is 5.75 Å². The summed E-state index contributed by atoms with van der Waals surface area (Å²) >= 11 is 0. The van der Waals surface area contributed by atoms with Crippen LogP contribution in [0.5, 0.6) is 5.75 Å². The quantitative estimate of drug-likeness (QED) is 0.823. The lowest BCUT2D eigenvalue weighted by Crippen LogP contribution is -2.23. The number of nitrogens with two attached hydrogens (primary N) is 1. The molecule has 19 heavy (non-hydrogen) atoms. The molecule has 0 saturated heterocycles. The number of ether oxygens (including phenoxy) is 2. The molecule has 0 saturated carbocycles. The minimum absolute atomic E-state index is 0.154. The van der Waals surface area contributed by atoms with Gasteiger partial charge in [-0.05, 0) is 49.4 Å². The first-order valence-electron chi connectivity index (χ1n) is 6.97. The van der Waals surface area contributed by atoms with Crippen LogP contribution in [0.4, 0.5) is 0 Å². The number of aliphatic hydroxyl groups excluding tert-OH is 1. The maximum absolute atomic E-state index is 9.65. The predicted molar refractivity (Wildman–Crippen MR) is 74.3 cm³/mol. The Balaban J connectivity index is 1.91. The summed E-state index contributed by atoms with van der Waals surface area (Å²) in [5.41, 5.74) is 8.58. The molecule has 2 rings (SSSR count). The second kappa shape index (κ2) is 6.89. The summed E-state index contributed by atoms with van der Waals surface area (Å²) in [6.07, 6.45) is 2.66. The molecule has 0 aromatic heterocycles. The van der Waals surface area contributed by atoms with Crippen molar-refractivity contribution in [1.82, 2.24) is 0 Å². The molecule has 3 N–H and O–H groups in total. The zero-order valence-electron chi connectivity index (χ0n) is 11.5. The van der Waals surface area contributed by atoms with Gasteiger partial charge in [0.15, 0.2) is 0 Å². The van der Waals surface area contributed by atoms with Crippen molar-refractivity contribution < 1.29 is 14.6 Å². The maximum Gasteiger partial charge on any atom is 0.119 e. The van der Waals surface area contributed by atoms with Gasteiger partial charge in [-0.15, -0.1) is 0 Å². The minimum atomic E-state index is -0.585. The Labute approximate surface area is 114 Å². The van der Waals surface area contributed by atoms with Gasteiger partial charge in [0.2, 0.25) is 0 Å². The molecule has 1 aromatic carbocycles. The molecule has 0 amide bonds. The predicted octanol–water partition coefficient (Wildman–Crippen LogP) is 1.80. The Hall–Kier alpha value is -1.10. The first kappa shape index (κ1) is 14.3. The Morgan fingerprint density at radius 2 is 2.26 bits per heavy atom. The van der Waals surface area contributed by atoms with E-state index in [4.69, 9.17) is 15.2 Å². The summed E-state index contributed by atoms with van der Waals surface area (Å²) in [4.78, 5) is 0. The highest BCUT2D eigenvalue weighted by Crippen LogP contribution is 2.30. The van der Waals surface area contributed by atoms with Gasteiger partial charge in [0.1, 0.15) is 18.5 Å². The highest BCUT2D eigenvalue weighted by atomic mass is 16.5. The van der Waals surface area contributed by atoms with Gasteiger partial charge in [0.25, 0.3) is 0 Å². The number of rotatable bonds is 6. The van der Waals surface area contributed by atoms with Crippen LogP contribution in [0.15, 0.2) is 18.2 Å². The third-order valence-corrected chi connectivity index (χ3v) is 3.43. The van der Waals surface area contributed by atoms with E-state index in [2.05, 4.69) is 0 Å². The third kappa shape index (κ3) is 3.93. The van der Waals surface area contributed by atoms with Crippen molar-refractivity contribution in [2.75, 3.05) is 19.8 Å². The molecule has 1 aliphatic rings. The van der Waals surface area contributed by atoms with Crippen LogP contribution in [-0.4, -0.2) is 31.0 Å². The van der Waals surface area contributed by atoms with E-state index >= 15 is 0 Å². The maximum atomic E-state index is 9.65. The van der Waals surface area contributed by atoms with Crippen LogP contribution < -0.4 is 10.5 Å². The molecule has 2 unspecified atom stereocenters. The second-order valence-corrected chi connectivity index (χ2v) is 4.98. The zero-order chi connectivity index (χ0) is 13.7. The normalized spacial score (nSPS) is 19.8. The zero-order valence-corrected chi connectivity index (χ0v) is 11.5. The van der Waals surface area contributed by atoms with E-state index < -0.39 is 6.10 Å². The molecule has 0 aliphatic heterocycles. The van der Waals surface area contributed by atoms with Crippen molar-refractivity contribution in [2.24, 2.45) is 5.73 Å². The molecular weight excluding hydrogens is 242 g/mol. The monoisotopic (exact) mass is 265 g/mol. The summed E-state index contributed by atoms with van der Waals surface area (Å²) in [5, 5.41) is 9.65. The van der Waals surface area contributed by atoms with Crippen LogP contribution in [0, 0.1) is 0 Å². The van der Waals surface area contributed by atoms with Gasteiger partial charge < -0.3 is 20.3 Å². The molecule has 0 spiro atoms. The standard InChI is InChI=1S/C15H23NO3/c1-2-18-9-12(17)10-19-13-6-7-14-11(8-13)4-3-5-15(14)16/h6-8,12,15,17H,2-5,9-10,16H2,1H3. The lowest BCUT2D eigenvalue weighted by atomic mass is 9.88. The number of benzene rings is 1. The van der Waals surface area contributed by atoms with E-state index in [9.17, 15) is 5.11 Å². The van der Waals surface area contributed by atoms with E-state index in [0.717, 1.165) is 25.0 Å². The molecule has 0 radical (unpaired) electrons. The van der Waals surface area contributed by atoms with Crippen molar-refractivity contribution in [1.29, 1.82) is 0 Å². The number of aryl methyl sites for hydroxylation is 1. The second-order valence-electron chi connectivity index (χ2n) is 4.98. The topological polar surface area (TPSA) is 64.7 Å². The molecule has 2 atom stereocenters.